The number of nitriles is 1. The van der Waals surface area contributed by atoms with Crippen LogP contribution in [0.4, 0.5) is 0 Å². The minimum Gasteiger partial charge on any atom is -0.192 e. The molecule has 0 saturated heterocycles. The smallest absolute Gasteiger partial charge is 0.0991 e. The van der Waals surface area contributed by atoms with Crippen molar-refractivity contribution in [1.82, 2.24) is 0 Å². The zero-order valence-electron chi connectivity index (χ0n) is 22.9. The van der Waals surface area contributed by atoms with Gasteiger partial charge in [-0.2, -0.15) is 5.26 Å². The normalized spacial score (nSPS) is 12.2. The molecule has 1 aromatic carbocycles. The average molecular weight is 644 g/mol. The lowest BCUT2D eigenvalue weighted by Gasteiger charge is -1.95. The number of nitrogens with zero attached hydrogens (tertiary/aromatic N) is 1. The molecule has 0 amide bonds. The van der Waals surface area contributed by atoms with E-state index in [1.807, 2.05) is 24.3 Å². The third-order valence-electron chi connectivity index (χ3n) is 6.32. The van der Waals surface area contributed by atoms with Crippen molar-refractivity contribution in [2.45, 2.75) is 0 Å². The first kappa shape index (κ1) is 29.0. The van der Waals surface area contributed by atoms with Gasteiger partial charge in [0.05, 0.1) is 11.6 Å². The van der Waals surface area contributed by atoms with Crippen molar-refractivity contribution >= 4 is 117 Å². The van der Waals surface area contributed by atoms with Crippen molar-refractivity contribution < 1.29 is 0 Å². The van der Waals surface area contributed by atoms with E-state index in [1.165, 1.54) is 44.6 Å². The molecular formula is C37H25NS5. The second kappa shape index (κ2) is 14.4. The lowest BCUT2D eigenvalue weighted by atomic mass is 10.1. The molecule has 0 N–H and O–H groups in total. The molecular weight excluding hydrogens is 619 g/mol. The lowest BCUT2D eigenvalue weighted by molar-refractivity contribution is 1.48. The number of hydrogen-bond donors (Lipinski definition) is 0. The second-order valence-corrected chi connectivity index (χ2v) is 14.7. The fraction of sp³-hybridized carbons (Fsp3) is 0. The van der Waals surface area contributed by atoms with Crippen molar-refractivity contribution in [3.8, 4) is 6.07 Å². The topological polar surface area (TPSA) is 23.8 Å². The minimum atomic E-state index is 0.669. The second-order valence-electron chi connectivity index (χ2n) is 9.38. The summed E-state index contributed by atoms with van der Waals surface area (Å²) in [6, 6.07) is 29.2. The first-order valence-corrected chi connectivity index (χ1v) is 17.7. The van der Waals surface area contributed by atoms with Crippen molar-refractivity contribution in [1.29, 1.82) is 5.26 Å². The Bertz CT molecular complexity index is 1960. The summed E-state index contributed by atoms with van der Waals surface area (Å²) in [5, 5.41) is 13.3. The molecule has 6 aromatic rings. The summed E-state index contributed by atoms with van der Waals surface area (Å²) in [5.74, 6) is 0. The molecule has 1 nitrogen and oxygen atoms in total. The van der Waals surface area contributed by atoms with Crippen LogP contribution in [0.3, 0.4) is 0 Å². The van der Waals surface area contributed by atoms with Crippen LogP contribution >= 0.6 is 56.7 Å². The summed E-state index contributed by atoms with van der Waals surface area (Å²) in [7, 11) is 0. The zero-order chi connectivity index (χ0) is 29.3. The third-order valence-corrected chi connectivity index (χ3v) is 11.1. The van der Waals surface area contributed by atoms with E-state index in [-0.39, 0.29) is 0 Å². The van der Waals surface area contributed by atoms with Crippen LogP contribution in [0.1, 0.15) is 55.7 Å². The first-order valence-electron chi connectivity index (χ1n) is 13.5. The van der Waals surface area contributed by atoms with Crippen LogP contribution in [0.15, 0.2) is 89.6 Å². The number of hydrogen-bond acceptors (Lipinski definition) is 6. The molecule has 5 aromatic heterocycles. The van der Waals surface area contributed by atoms with E-state index >= 15 is 0 Å². The lowest BCUT2D eigenvalue weighted by Crippen LogP contribution is -1.75. The van der Waals surface area contributed by atoms with E-state index in [0.29, 0.717) is 5.56 Å². The Morgan fingerprint density at radius 3 is 1.49 bits per heavy atom. The van der Waals surface area contributed by atoms with Crippen LogP contribution in [0.2, 0.25) is 0 Å². The van der Waals surface area contributed by atoms with Gasteiger partial charge in [-0.3, -0.25) is 0 Å². The van der Waals surface area contributed by atoms with Gasteiger partial charge in [-0.25, -0.2) is 0 Å². The van der Waals surface area contributed by atoms with Crippen molar-refractivity contribution in [3.05, 3.63) is 145 Å². The molecule has 0 fully saturated rings. The van der Waals surface area contributed by atoms with E-state index in [2.05, 4.69) is 132 Å². The van der Waals surface area contributed by atoms with Gasteiger partial charge in [0.1, 0.15) is 0 Å². The highest BCUT2D eigenvalue weighted by molar-refractivity contribution is 7.15. The summed E-state index contributed by atoms with van der Waals surface area (Å²) >= 11 is 8.86. The molecule has 0 aliphatic carbocycles. The van der Waals surface area contributed by atoms with E-state index in [9.17, 15) is 0 Å². The van der Waals surface area contributed by atoms with Gasteiger partial charge in [0.25, 0.3) is 0 Å². The predicted octanol–water partition coefficient (Wildman–Crippen LogP) is 12.7. The average Bonchev–Trinajstić information content (AvgIpc) is 3.88. The molecule has 0 bridgehead atoms. The van der Waals surface area contributed by atoms with Gasteiger partial charge in [-0.1, -0.05) is 36.4 Å². The Hall–Kier alpha value is -4.09. The maximum Gasteiger partial charge on any atom is 0.0991 e. The maximum absolute atomic E-state index is 9.12. The van der Waals surface area contributed by atoms with Gasteiger partial charge >= 0.3 is 0 Å². The minimum absolute atomic E-state index is 0.669. The molecule has 208 valence electrons. The molecule has 43 heavy (non-hydrogen) atoms. The third kappa shape index (κ3) is 8.26. The van der Waals surface area contributed by atoms with Crippen LogP contribution in [-0.4, -0.2) is 0 Å². The van der Waals surface area contributed by atoms with Crippen molar-refractivity contribution in [3.63, 3.8) is 0 Å². The van der Waals surface area contributed by atoms with Crippen LogP contribution in [0.25, 0.3) is 60.8 Å². The molecule has 6 heteroatoms. The summed E-state index contributed by atoms with van der Waals surface area (Å²) < 4.78 is 0. The van der Waals surface area contributed by atoms with Gasteiger partial charge in [0.15, 0.2) is 0 Å². The highest BCUT2D eigenvalue weighted by Crippen LogP contribution is 2.31. The fourth-order valence-electron chi connectivity index (χ4n) is 4.16. The Balaban J connectivity index is 1.21. The Morgan fingerprint density at radius 2 is 0.977 bits per heavy atom. The Morgan fingerprint density at radius 1 is 0.465 bits per heavy atom. The van der Waals surface area contributed by atoms with Crippen molar-refractivity contribution in [2.24, 2.45) is 0 Å². The number of rotatable bonds is 10. The molecule has 6 rings (SSSR count). The van der Waals surface area contributed by atoms with Crippen LogP contribution in [0.5, 0.6) is 0 Å². The number of thiophene rings is 5. The summed E-state index contributed by atoms with van der Waals surface area (Å²) in [6.07, 6.45) is 21.8. The zero-order valence-corrected chi connectivity index (χ0v) is 27.0. The summed E-state index contributed by atoms with van der Waals surface area (Å²) in [6.45, 7) is 0. The van der Waals surface area contributed by atoms with Crippen LogP contribution < -0.4 is 0 Å². The van der Waals surface area contributed by atoms with Gasteiger partial charge in [-0.15, -0.1) is 56.7 Å². The summed E-state index contributed by atoms with van der Waals surface area (Å²) in [4.78, 5) is 9.87. The standard InChI is InChI=1S/C37H25NS5/c38-26-28-7-5-27(6-8-28)9-10-29-25-36(20-19-34-16-15-32(41-34)13-11-30-3-1-23-39-30)43-37(29)22-21-35-18-17-33(42-35)14-12-31-4-2-24-40-31/h1-25H/b10-9+,13-11+,14-12+,20-19+,22-21+. The van der Waals surface area contributed by atoms with Gasteiger partial charge in [-0.05, 0) is 125 Å². The van der Waals surface area contributed by atoms with Crippen LogP contribution in [-0.2, 0) is 0 Å². The van der Waals surface area contributed by atoms with Crippen LogP contribution in [0, 0.1) is 11.3 Å². The highest BCUT2D eigenvalue weighted by Gasteiger charge is 2.05. The molecule has 0 saturated carbocycles. The largest absolute Gasteiger partial charge is 0.192 e. The molecule has 5 heterocycles. The summed E-state index contributed by atoms with van der Waals surface area (Å²) in [5.41, 5.74) is 2.91. The monoisotopic (exact) mass is 643 g/mol. The Labute approximate surface area is 272 Å². The molecule has 0 aliphatic heterocycles. The Kier molecular flexibility index (Phi) is 9.71. The molecule has 0 spiro atoms. The van der Waals surface area contributed by atoms with E-state index in [4.69, 9.17) is 5.26 Å². The first-order chi connectivity index (χ1) is 21.2. The SMILES string of the molecule is N#Cc1ccc(/C=C/c2cc(/C=C/c3ccc(/C=C/c4cccs4)s3)sc2/C=C/c2ccc(/C=C/c3cccs3)s2)cc1. The van der Waals surface area contributed by atoms with Gasteiger partial charge < -0.3 is 0 Å². The maximum atomic E-state index is 9.12. The van der Waals surface area contributed by atoms with E-state index in [0.717, 1.165) is 5.56 Å². The molecule has 0 atom stereocenters. The van der Waals surface area contributed by atoms with Gasteiger partial charge in [0, 0.05) is 39.0 Å². The van der Waals surface area contributed by atoms with Gasteiger partial charge in [0.2, 0.25) is 0 Å². The van der Waals surface area contributed by atoms with E-state index in [1.54, 1.807) is 56.7 Å². The molecule has 0 aliphatic rings. The fourth-order valence-corrected chi connectivity index (χ4v) is 7.98. The predicted molar refractivity (Wildman–Crippen MR) is 197 cm³/mol. The molecule has 0 unspecified atom stereocenters. The number of benzene rings is 1. The van der Waals surface area contributed by atoms with Crippen molar-refractivity contribution in [2.75, 3.05) is 0 Å². The van der Waals surface area contributed by atoms with E-state index < -0.39 is 0 Å². The molecule has 0 radical (unpaired) electrons. The quantitative estimate of drug-likeness (QED) is 0.146. The highest BCUT2D eigenvalue weighted by atomic mass is 32.1.